The fraction of sp³-hybridized carbons (Fsp3) is 0.579. The number of amides is 1. The van der Waals surface area contributed by atoms with Gasteiger partial charge in [-0.1, -0.05) is 17.7 Å². The van der Waals surface area contributed by atoms with Gasteiger partial charge in [-0.15, -0.1) is 24.0 Å². The number of nitrogens with one attached hydrogen (secondary N) is 3. The fourth-order valence-corrected chi connectivity index (χ4v) is 4.02. The van der Waals surface area contributed by atoms with Crippen LogP contribution in [0, 0.1) is 6.92 Å². The van der Waals surface area contributed by atoms with Gasteiger partial charge >= 0.3 is 0 Å². The van der Waals surface area contributed by atoms with Crippen molar-refractivity contribution in [3.63, 3.8) is 0 Å². The molecule has 26 heavy (non-hydrogen) atoms. The number of aliphatic imine (C=N–C) groups is 1. The van der Waals surface area contributed by atoms with Gasteiger partial charge in [0.1, 0.15) is 0 Å². The van der Waals surface area contributed by atoms with Crippen molar-refractivity contribution in [3.05, 3.63) is 35.4 Å². The van der Waals surface area contributed by atoms with Gasteiger partial charge in [0.05, 0.1) is 6.54 Å². The van der Waals surface area contributed by atoms with E-state index in [2.05, 4.69) is 29.8 Å². The molecule has 1 aliphatic heterocycles. The summed E-state index contributed by atoms with van der Waals surface area (Å²) in [7, 11) is 0. The molecule has 1 aliphatic rings. The number of rotatable bonds is 7. The van der Waals surface area contributed by atoms with Crippen LogP contribution in [0.25, 0.3) is 0 Å². The van der Waals surface area contributed by atoms with Crippen LogP contribution in [0.15, 0.2) is 29.3 Å². The van der Waals surface area contributed by atoms with Gasteiger partial charge in [-0.2, -0.15) is 11.8 Å². The first-order valence-electron chi connectivity index (χ1n) is 9.03. The maximum atomic E-state index is 12.1. The standard InChI is InChI=1S/C19H30N4OS.HI/c1-4-20-18(23-14-19(3)9-6-12-25-19)22-11-10-21-17(24)16-8-5-7-15(2)13-16;/h5,7-8,13H,4,6,9-12,14H2,1-3H3,(H,21,24)(H2,20,22,23);1H. The monoisotopic (exact) mass is 490 g/mol. The van der Waals surface area contributed by atoms with Crippen molar-refractivity contribution >= 4 is 47.6 Å². The van der Waals surface area contributed by atoms with Crippen LogP contribution in [0.4, 0.5) is 0 Å². The Balaban J connectivity index is 0.00000338. The summed E-state index contributed by atoms with van der Waals surface area (Å²) in [5.74, 6) is 2.02. The molecule has 1 aromatic rings. The maximum Gasteiger partial charge on any atom is 0.251 e. The van der Waals surface area contributed by atoms with E-state index in [1.54, 1.807) is 0 Å². The van der Waals surface area contributed by atoms with Crippen LogP contribution < -0.4 is 16.0 Å². The van der Waals surface area contributed by atoms with Crippen molar-refractivity contribution in [1.82, 2.24) is 16.0 Å². The fourth-order valence-electron chi connectivity index (χ4n) is 2.79. The van der Waals surface area contributed by atoms with E-state index in [4.69, 9.17) is 4.99 Å². The molecule has 0 aromatic heterocycles. The Morgan fingerprint density at radius 1 is 1.27 bits per heavy atom. The largest absolute Gasteiger partial charge is 0.357 e. The summed E-state index contributed by atoms with van der Waals surface area (Å²) in [6, 6.07) is 7.62. The molecule has 1 aromatic carbocycles. The molecule has 0 aliphatic carbocycles. The maximum absolute atomic E-state index is 12.1. The lowest BCUT2D eigenvalue weighted by molar-refractivity contribution is 0.0954. The summed E-state index contributed by atoms with van der Waals surface area (Å²) in [5, 5.41) is 9.50. The highest BCUT2D eigenvalue weighted by molar-refractivity contribution is 14.0. The second kappa shape index (κ2) is 11.7. The van der Waals surface area contributed by atoms with Crippen LogP contribution in [0.2, 0.25) is 0 Å². The van der Waals surface area contributed by atoms with E-state index >= 15 is 0 Å². The second-order valence-electron chi connectivity index (χ2n) is 6.65. The molecular weight excluding hydrogens is 459 g/mol. The summed E-state index contributed by atoms with van der Waals surface area (Å²) in [5.41, 5.74) is 1.79. The molecule has 1 fully saturated rings. The summed E-state index contributed by atoms with van der Waals surface area (Å²) < 4.78 is 0.266. The number of guanidine groups is 1. The molecule has 2 rings (SSSR count). The normalized spacial score (nSPS) is 19.6. The number of nitrogens with zero attached hydrogens (tertiary/aromatic N) is 1. The van der Waals surface area contributed by atoms with Gasteiger partial charge in [0.25, 0.3) is 5.91 Å². The minimum absolute atomic E-state index is 0. The number of thioether (sulfide) groups is 1. The molecule has 0 saturated carbocycles. The third-order valence-electron chi connectivity index (χ3n) is 4.20. The molecular formula is C19H31IN4OS. The van der Waals surface area contributed by atoms with Crippen LogP contribution in [-0.2, 0) is 0 Å². The van der Waals surface area contributed by atoms with E-state index < -0.39 is 0 Å². The van der Waals surface area contributed by atoms with E-state index in [0.717, 1.165) is 24.6 Å². The average molecular weight is 490 g/mol. The van der Waals surface area contributed by atoms with Crippen LogP contribution in [0.1, 0.15) is 42.6 Å². The second-order valence-corrected chi connectivity index (χ2v) is 8.33. The van der Waals surface area contributed by atoms with Crippen molar-refractivity contribution in [1.29, 1.82) is 0 Å². The van der Waals surface area contributed by atoms with Crippen LogP contribution in [-0.4, -0.2) is 48.5 Å². The summed E-state index contributed by atoms with van der Waals surface area (Å²) in [4.78, 5) is 16.8. The summed E-state index contributed by atoms with van der Waals surface area (Å²) in [6.07, 6.45) is 2.51. The SMILES string of the molecule is CCNC(=NCC1(C)CCCS1)NCCNC(=O)c1cccc(C)c1.I. The zero-order valence-electron chi connectivity index (χ0n) is 15.9. The molecule has 1 heterocycles. The predicted octanol–water partition coefficient (Wildman–Crippen LogP) is 3.18. The number of carbonyl (C=O) groups excluding carboxylic acids is 1. The molecule has 7 heteroatoms. The lowest BCUT2D eigenvalue weighted by atomic mass is 10.1. The lowest BCUT2D eigenvalue weighted by Gasteiger charge is -2.21. The van der Waals surface area contributed by atoms with Crippen molar-refractivity contribution in [2.24, 2.45) is 4.99 Å². The van der Waals surface area contributed by atoms with E-state index in [-0.39, 0.29) is 34.6 Å². The predicted molar refractivity (Wildman–Crippen MR) is 123 cm³/mol. The number of aryl methyl sites for hydroxylation is 1. The third-order valence-corrected chi connectivity index (χ3v) is 5.72. The van der Waals surface area contributed by atoms with Gasteiger partial charge in [0.15, 0.2) is 5.96 Å². The Hall–Kier alpha value is -0.960. The van der Waals surface area contributed by atoms with Gasteiger partial charge in [-0.25, -0.2) is 0 Å². The smallest absolute Gasteiger partial charge is 0.251 e. The topological polar surface area (TPSA) is 65.5 Å². The van der Waals surface area contributed by atoms with Crippen molar-refractivity contribution in [3.8, 4) is 0 Å². The Morgan fingerprint density at radius 2 is 2.04 bits per heavy atom. The Kier molecular flexibility index (Phi) is 10.4. The highest BCUT2D eigenvalue weighted by Gasteiger charge is 2.29. The van der Waals surface area contributed by atoms with Gasteiger partial charge in [0, 0.05) is 29.9 Å². The van der Waals surface area contributed by atoms with Crippen LogP contribution in [0.3, 0.4) is 0 Å². The van der Waals surface area contributed by atoms with E-state index in [0.29, 0.717) is 18.7 Å². The summed E-state index contributed by atoms with van der Waals surface area (Å²) in [6.45, 7) is 9.19. The van der Waals surface area contributed by atoms with Gasteiger partial charge in [-0.05, 0) is 51.5 Å². The lowest BCUT2D eigenvalue weighted by Crippen LogP contribution is -2.42. The highest BCUT2D eigenvalue weighted by atomic mass is 127. The minimum Gasteiger partial charge on any atom is -0.357 e. The zero-order valence-corrected chi connectivity index (χ0v) is 19.1. The zero-order chi connectivity index (χ0) is 18.1. The Bertz CT molecular complexity index is 603. The number of hydrogen-bond donors (Lipinski definition) is 3. The van der Waals surface area contributed by atoms with Crippen LogP contribution >= 0.6 is 35.7 Å². The molecule has 3 N–H and O–H groups in total. The van der Waals surface area contributed by atoms with Crippen molar-refractivity contribution < 1.29 is 4.79 Å². The number of hydrogen-bond acceptors (Lipinski definition) is 3. The van der Waals surface area contributed by atoms with E-state index in [1.807, 2.05) is 43.0 Å². The quantitative estimate of drug-likeness (QED) is 0.238. The molecule has 1 saturated heterocycles. The molecule has 0 radical (unpaired) electrons. The van der Waals surface area contributed by atoms with E-state index in [9.17, 15) is 4.79 Å². The van der Waals surface area contributed by atoms with Crippen molar-refractivity contribution in [2.45, 2.75) is 38.4 Å². The third kappa shape index (κ3) is 7.73. The Labute approximate surface area is 178 Å². The van der Waals surface area contributed by atoms with Gasteiger partial charge < -0.3 is 16.0 Å². The van der Waals surface area contributed by atoms with E-state index in [1.165, 1.54) is 18.6 Å². The molecule has 1 unspecified atom stereocenters. The first-order valence-corrected chi connectivity index (χ1v) is 10.0. The molecule has 1 atom stereocenters. The van der Waals surface area contributed by atoms with Gasteiger partial charge in [-0.3, -0.25) is 9.79 Å². The average Bonchev–Trinajstić information content (AvgIpc) is 3.03. The minimum atomic E-state index is -0.0395. The summed E-state index contributed by atoms with van der Waals surface area (Å²) >= 11 is 2.02. The first kappa shape index (κ1) is 23.1. The molecule has 1 amide bonds. The van der Waals surface area contributed by atoms with Crippen LogP contribution in [0.5, 0.6) is 0 Å². The first-order chi connectivity index (χ1) is 12.0. The van der Waals surface area contributed by atoms with Crippen molar-refractivity contribution in [2.75, 3.05) is 31.9 Å². The Morgan fingerprint density at radius 3 is 2.69 bits per heavy atom. The highest BCUT2D eigenvalue weighted by Crippen LogP contribution is 2.37. The molecule has 0 spiro atoms. The number of carbonyl (C=O) groups is 1. The van der Waals surface area contributed by atoms with Gasteiger partial charge in [0.2, 0.25) is 0 Å². The molecule has 5 nitrogen and oxygen atoms in total. The number of halogens is 1. The molecule has 0 bridgehead atoms. The molecule has 146 valence electrons. The number of benzene rings is 1.